The molecule has 4 heteroatoms. The lowest BCUT2D eigenvalue weighted by Gasteiger charge is -2.46. The van der Waals surface area contributed by atoms with E-state index >= 15 is 0 Å². The first kappa shape index (κ1) is 42.9. The Balaban J connectivity index is 1.31. The number of hydrogen-bond donors (Lipinski definition) is 0. The van der Waals surface area contributed by atoms with Gasteiger partial charge in [-0.25, -0.2) is 0 Å². The molecule has 0 saturated carbocycles. The van der Waals surface area contributed by atoms with Crippen molar-refractivity contribution in [2.45, 2.75) is 124 Å². The van der Waals surface area contributed by atoms with Crippen LogP contribution < -0.4 is 31.1 Å². The van der Waals surface area contributed by atoms with Crippen LogP contribution in [0.25, 0.3) is 0 Å². The van der Waals surface area contributed by atoms with Crippen LogP contribution in [0.3, 0.4) is 0 Å². The molecule has 3 aliphatic rings. The van der Waals surface area contributed by atoms with Gasteiger partial charge in [-0.2, -0.15) is 0 Å². The minimum Gasteiger partial charge on any atom is -0.311 e. The van der Waals surface area contributed by atoms with Crippen molar-refractivity contribution < 1.29 is 0 Å². The van der Waals surface area contributed by atoms with Crippen molar-refractivity contribution in [3.63, 3.8) is 0 Å². The quantitative estimate of drug-likeness (QED) is 0.160. The minimum atomic E-state index is -0.117. The van der Waals surface area contributed by atoms with E-state index in [2.05, 4.69) is 256 Å². The Morgan fingerprint density at radius 3 is 1.51 bits per heavy atom. The van der Waals surface area contributed by atoms with E-state index in [4.69, 9.17) is 0 Å². The molecule has 3 nitrogen and oxygen atoms in total. The Labute approximate surface area is 390 Å². The third kappa shape index (κ3) is 7.20. The zero-order valence-corrected chi connectivity index (χ0v) is 41.1. The van der Waals surface area contributed by atoms with E-state index in [9.17, 15) is 0 Å². The summed E-state index contributed by atoms with van der Waals surface area (Å²) in [5, 5.41) is 0. The summed E-state index contributed by atoms with van der Waals surface area (Å²) in [5.74, 6) is 0. The maximum absolute atomic E-state index is 2.64. The number of hydrogen-bond acceptors (Lipinski definition) is 3. The normalized spacial score (nSPS) is 15.9. The van der Waals surface area contributed by atoms with E-state index in [1.165, 1.54) is 78.3 Å². The average molecular weight is 852 g/mol. The predicted octanol–water partition coefficient (Wildman–Crippen LogP) is 15.1. The fourth-order valence-electron chi connectivity index (χ4n) is 11.4. The van der Waals surface area contributed by atoms with Crippen molar-refractivity contribution in [2.75, 3.05) is 14.7 Å². The summed E-state index contributed by atoms with van der Waals surface area (Å²) in [5.41, 5.74) is 21.8. The predicted molar refractivity (Wildman–Crippen MR) is 282 cm³/mol. The van der Waals surface area contributed by atoms with Crippen LogP contribution in [0.5, 0.6) is 0 Å². The fourth-order valence-corrected chi connectivity index (χ4v) is 11.4. The van der Waals surface area contributed by atoms with Crippen LogP contribution in [-0.4, -0.2) is 6.71 Å². The zero-order chi connectivity index (χ0) is 46.0. The van der Waals surface area contributed by atoms with Gasteiger partial charge in [-0.1, -0.05) is 163 Å². The summed E-state index contributed by atoms with van der Waals surface area (Å²) in [6.07, 6.45) is 1.12. The first-order valence-corrected chi connectivity index (χ1v) is 23.8. The second kappa shape index (κ2) is 14.8. The molecule has 7 aromatic carbocycles. The molecule has 0 amide bonds. The smallest absolute Gasteiger partial charge is 0.252 e. The molecule has 0 N–H and O–H groups in total. The van der Waals surface area contributed by atoms with Crippen molar-refractivity contribution in [3.05, 3.63) is 179 Å². The molecule has 10 rings (SSSR count). The second-order valence-electron chi connectivity index (χ2n) is 23.5. The molecule has 0 aromatic heterocycles. The van der Waals surface area contributed by atoms with Crippen LogP contribution in [0.2, 0.25) is 0 Å². The van der Waals surface area contributed by atoms with Crippen LogP contribution in [-0.2, 0) is 27.1 Å². The fraction of sp³-hybridized carbons (Fsp3) is 0.311. The Morgan fingerprint density at radius 2 is 0.938 bits per heavy atom. The zero-order valence-electron chi connectivity index (χ0n) is 41.1. The van der Waals surface area contributed by atoms with Gasteiger partial charge in [0.15, 0.2) is 0 Å². The molecule has 0 bridgehead atoms. The van der Waals surface area contributed by atoms with E-state index in [1.807, 2.05) is 0 Å². The summed E-state index contributed by atoms with van der Waals surface area (Å²) in [4.78, 5) is 7.63. The van der Waals surface area contributed by atoms with Gasteiger partial charge in [0, 0.05) is 51.2 Å². The molecular weight excluding hydrogens is 786 g/mol. The molecule has 0 spiro atoms. The third-order valence-electron chi connectivity index (χ3n) is 14.7. The van der Waals surface area contributed by atoms with Crippen LogP contribution in [0.4, 0.5) is 51.2 Å². The van der Waals surface area contributed by atoms with E-state index in [1.54, 1.807) is 0 Å². The van der Waals surface area contributed by atoms with Gasteiger partial charge < -0.3 is 14.7 Å². The van der Waals surface area contributed by atoms with E-state index in [-0.39, 0.29) is 33.8 Å². The highest BCUT2D eigenvalue weighted by Gasteiger charge is 2.46. The topological polar surface area (TPSA) is 9.72 Å². The molecule has 0 radical (unpaired) electrons. The van der Waals surface area contributed by atoms with Gasteiger partial charge in [0.25, 0.3) is 6.71 Å². The lowest BCUT2D eigenvalue weighted by molar-refractivity contribution is 0.403. The van der Waals surface area contributed by atoms with Crippen molar-refractivity contribution in [1.29, 1.82) is 0 Å². The van der Waals surface area contributed by atoms with Gasteiger partial charge in [-0.3, -0.25) is 0 Å². The highest BCUT2D eigenvalue weighted by Crippen LogP contribution is 2.53. The van der Waals surface area contributed by atoms with Crippen LogP contribution in [0, 0.1) is 0 Å². The van der Waals surface area contributed by atoms with E-state index < -0.39 is 0 Å². The minimum absolute atomic E-state index is 0.00317. The summed E-state index contributed by atoms with van der Waals surface area (Å²) in [7, 11) is 0. The molecule has 328 valence electrons. The molecule has 2 aliphatic heterocycles. The average Bonchev–Trinajstić information content (AvgIpc) is 3.44. The lowest BCUT2D eigenvalue weighted by Crippen LogP contribution is -2.61. The number of benzene rings is 7. The summed E-state index contributed by atoms with van der Waals surface area (Å²) < 4.78 is 0. The lowest BCUT2D eigenvalue weighted by atomic mass is 9.33. The monoisotopic (exact) mass is 852 g/mol. The Kier molecular flexibility index (Phi) is 9.75. The molecule has 65 heavy (non-hydrogen) atoms. The number of para-hydroxylation sites is 2. The molecular formula is C61H66BN3. The van der Waals surface area contributed by atoms with Gasteiger partial charge in [0.05, 0.1) is 0 Å². The van der Waals surface area contributed by atoms with Crippen molar-refractivity contribution >= 4 is 74.3 Å². The Morgan fingerprint density at radius 1 is 0.415 bits per heavy atom. The summed E-state index contributed by atoms with van der Waals surface area (Å²) in [6, 6.07) is 58.1. The first-order chi connectivity index (χ1) is 30.6. The maximum Gasteiger partial charge on any atom is 0.252 e. The molecule has 0 fully saturated rings. The second-order valence-corrected chi connectivity index (χ2v) is 23.5. The van der Waals surface area contributed by atoms with Gasteiger partial charge in [-0.15, -0.1) is 0 Å². The van der Waals surface area contributed by atoms with Gasteiger partial charge in [-0.05, 0) is 157 Å². The van der Waals surface area contributed by atoms with Crippen molar-refractivity contribution in [1.82, 2.24) is 0 Å². The molecule has 2 heterocycles. The molecule has 0 unspecified atom stereocenters. The Hall–Kier alpha value is -6.00. The van der Waals surface area contributed by atoms with Crippen LogP contribution in [0.1, 0.15) is 124 Å². The van der Waals surface area contributed by atoms with Gasteiger partial charge in [0.1, 0.15) is 0 Å². The number of fused-ring (bicyclic) bond motifs is 5. The van der Waals surface area contributed by atoms with Crippen molar-refractivity contribution in [3.8, 4) is 0 Å². The highest BCUT2D eigenvalue weighted by molar-refractivity contribution is 7.00. The first-order valence-electron chi connectivity index (χ1n) is 23.8. The number of rotatable bonds is 5. The standard InChI is InChI=1S/C61H66BN3/c1-57(2,3)40-24-27-45(28-25-40)64-52-33-26-41(58(4,5)6)34-51(52)62-50-32-30-47(63(43-20-16-14-17-21-43)44-22-18-15-19-23-44)38-53(50)65(55-36-42(59(7,8)9)35-54(64)56(55)62)46-29-31-48-49(37-46)61(12,13)39-60(48,10)11/h14-38H,39H2,1-13H3. The number of anilines is 9. The Bertz CT molecular complexity index is 2920. The highest BCUT2D eigenvalue weighted by atomic mass is 15.2. The molecule has 0 atom stereocenters. The van der Waals surface area contributed by atoms with Crippen LogP contribution >= 0.6 is 0 Å². The summed E-state index contributed by atoms with van der Waals surface area (Å²) >= 11 is 0. The molecule has 1 aliphatic carbocycles. The van der Waals surface area contributed by atoms with Crippen molar-refractivity contribution in [2.24, 2.45) is 0 Å². The summed E-state index contributed by atoms with van der Waals surface area (Å²) in [6.45, 7) is 30.8. The largest absolute Gasteiger partial charge is 0.311 e. The van der Waals surface area contributed by atoms with E-state index in [0.717, 1.165) is 23.5 Å². The molecule has 7 aromatic rings. The molecule has 0 saturated heterocycles. The van der Waals surface area contributed by atoms with Gasteiger partial charge in [0.2, 0.25) is 0 Å². The van der Waals surface area contributed by atoms with Crippen LogP contribution in [0.15, 0.2) is 152 Å². The van der Waals surface area contributed by atoms with Gasteiger partial charge >= 0.3 is 0 Å². The van der Waals surface area contributed by atoms with E-state index in [0.29, 0.717) is 0 Å². The SMILES string of the molecule is CC(C)(C)c1ccc(N2c3ccc(C(C)(C)C)cc3B3c4ccc(N(c5ccccc5)c5ccccc5)cc4N(c4ccc5c(c4)C(C)(C)CC5(C)C)c4cc(C(C)(C)C)cc2c43)cc1. The maximum atomic E-state index is 2.64. The third-order valence-corrected chi connectivity index (χ3v) is 14.7. The number of nitrogens with zero attached hydrogens (tertiary/aromatic N) is 3.